The normalized spacial score (nSPS) is 13.8. The second-order valence-corrected chi connectivity index (χ2v) is 8.42. The molecule has 1 amide bonds. The molecule has 4 N–H and O–H groups in total. The van der Waals surface area contributed by atoms with Crippen LogP contribution >= 0.6 is 0 Å². The van der Waals surface area contributed by atoms with Crippen LogP contribution in [0, 0.1) is 24.6 Å². The quantitative estimate of drug-likeness (QED) is 0.515. The van der Waals surface area contributed by atoms with Crippen molar-refractivity contribution in [2.45, 2.75) is 39.0 Å². The largest absolute Gasteiger partial charge is 0.491 e. The number of carbonyl (C=O) groups excluding carboxylic acids is 1. The number of amides is 1. The zero-order chi connectivity index (χ0) is 24.1. The standard InChI is InChI=1S/C23H24FN5O4/c1-12-15(11-28(4)27-12)20(30)19-18(21(25)31)26-22-14-9-13(5-6-23(2,3)32)16(24)10-17(14)33-8-7-29(19)22/h9-11,20,30,32H,7-8H2,1-4H3,(H2,25,31). The second kappa shape index (κ2) is 8.03. The van der Waals surface area contributed by atoms with Gasteiger partial charge in [-0.3, -0.25) is 9.48 Å². The summed E-state index contributed by atoms with van der Waals surface area (Å²) in [5.74, 6) is 4.31. The maximum absolute atomic E-state index is 14.7. The molecule has 3 aromatic rings. The first-order chi connectivity index (χ1) is 15.5. The van der Waals surface area contributed by atoms with Crippen LogP contribution in [0.25, 0.3) is 11.4 Å². The van der Waals surface area contributed by atoms with Crippen LogP contribution in [0.1, 0.15) is 53.0 Å². The maximum Gasteiger partial charge on any atom is 0.269 e. The summed E-state index contributed by atoms with van der Waals surface area (Å²) in [5.41, 5.74) is 5.91. The molecule has 0 saturated carbocycles. The molecule has 0 radical (unpaired) electrons. The Morgan fingerprint density at radius 3 is 2.73 bits per heavy atom. The van der Waals surface area contributed by atoms with Gasteiger partial charge in [0.1, 0.15) is 35.7 Å². The van der Waals surface area contributed by atoms with Crippen molar-refractivity contribution in [1.82, 2.24) is 19.3 Å². The van der Waals surface area contributed by atoms with Gasteiger partial charge in [0.05, 0.1) is 29.1 Å². The number of carbonyl (C=O) groups is 1. The molecule has 0 saturated heterocycles. The van der Waals surface area contributed by atoms with Gasteiger partial charge in [-0.15, -0.1) is 0 Å². The van der Waals surface area contributed by atoms with Crippen molar-refractivity contribution in [3.05, 3.63) is 52.4 Å². The Kier molecular flexibility index (Phi) is 5.47. The van der Waals surface area contributed by atoms with Crippen LogP contribution in [0.3, 0.4) is 0 Å². The molecule has 33 heavy (non-hydrogen) atoms. The zero-order valence-corrected chi connectivity index (χ0v) is 18.7. The first kappa shape index (κ1) is 22.5. The molecule has 1 aliphatic heterocycles. The average Bonchev–Trinajstić information content (AvgIpc) is 3.20. The molecule has 2 aromatic heterocycles. The lowest BCUT2D eigenvalue weighted by Crippen LogP contribution is -2.19. The van der Waals surface area contributed by atoms with E-state index in [2.05, 4.69) is 21.9 Å². The van der Waals surface area contributed by atoms with Gasteiger partial charge < -0.3 is 25.3 Å². The lowest BCUT2D eigenvalue weighted by atomic mass is 10.1. The predicted molar refractivity (Wildman–Crippen MR) is 117 cm³/mol. The maximum atomic E-state index is 14.7. The topological polar surface area (TPSA) is 128 Å². The molecule has 1 aromatic carbocycles. The van der Waals surface area contributed by atoms with Crippen molar-refractivity contribution in [2.75, 3.05) is 6.61 Å². The van der Waals surface area contributed by atoms with Gasteiger partial charge in [0.25, 0.3) is 5.91 Å². The van der Waals surface area contributed by atoms with Gasteiger partial charge in [-0.2, -0.15) is 5.10 Å². The minimum atomic E-state index is -1.31. The number of rotatable bonds is 3. The number of hydrogen-bond acceptors (Lipinski definition) is 6. The third kappa shape index (κ3) is 4.20. The number of benzene rings is 1. The molecule has 10 heteroatoms. The molecule has 0 spiro atoms. The van der Waals surface area contributed by atoms with Crippen molar-refractivity contribution in [1.29, 1.82) is 0 Å². The number of ether oxygens (including phenoxy) is 1. The summed E-state index contributed by atoms with van der Waals surface area (Å²) < 4.78 is 23.6. The average molecular weight is 453 g/mol. The van der Waals surface area contributed by atoms with Gasteiger partial charge in [0.15, 0.2) is 5.69 Å². The molecule has 0 fully saturated rings. The Hall–Kier alpha value is -3.68. The third-order valence-corrected chi connectivity index (χ3v) is 5.23. The number of aryl methyl sites for hydroxylation is 2. The van der Waals surface area contributed by atoms with E-state index >= 15 is 0 Å². The number of aromatic nitrogens is 4. The second-order valence-electron chi connectivity index (χ2n) is 8.42. The molecule has 4 rings (SSSR count). The van der Waals surface area contributed by atoms with Crippen LogP contribution < -0.4 is 10.5 Å². The van der Waals surface area contributed by atoms with E-state index in [1.54, 1.807) is 29.4 Å². The van der Waals surface area contributed by atoms with Crippen LogP contribution in [-0.2, 0) is 13.6 Å². The van der Waals surface area contributed by atoms with Crippen LogP contribution in [0.4, 0.5) is 4.39 Å². The van der Waals surface area contributed by atoms with E-state index in [4.69, 9.17) is 10.5 Å². The van der Waals surface area contributed by atoms with Gasteiger partial charge in [-0.1, -0.05) is 11.8 Å². The van der Waals surface area contributed by atoms with Crippen LogP contribution in [0.2, 0.25) is 0 Å². The van der Waals surface area contributed by atoms with E-state index in [0.717, 1.165) is 0 Å². The fourth-order valence-electron chi connectivity index (χ4n) is 3.80. The van der Waals surface area contributed by atoms with E-state index in [1.165, 1.54) is 26.0 Å². The number of nitrogens with two attached hydrogens (primary N) is 1. The Labute approximate surface area is 189 Å². The lowest BCUT2D eigenvalue weighted by Gasteiger charge is -2.15. The molecule has 172 valence electrons. The number of fused-ring (bicyclic) bond motifs is 3. The number of aliphatic hydroxyl groups excluding tert-OH is 1. The van der Waals surface area contributed by atoms with E-state index in [0.29, 0.717) is 22.6 Å². The first-order valence-electron chi connectivity index (χ1n) is 10.3. The number of halogens is 1. The minimum absolute atomic E-state index is 0.0294. The Morgan fingerprint density at radius 2 is 2.12 bits per heavy atom. The van der Waals surface area contributed by atoms with Crippen molar-refractivity contribution in [3.8, 4) is 29.0 Å². The highest BCUT2D eigenvalue weighted by molar-refractivity contribution is 5.93. The van der Waals surface area contributed by atoms with Crippen molar-refractivity contribution < 1.29 is 24.1 Å². The SMILES string of the molecule is Cc1nn(C)cc1C(O)c1c(C(N)=O)nc2n1CCOc1cc(F)c(C#CC(C)(C)O)cc1-2. The van der Waals surface area contributed by atoms with Gasteiger partial charge in [-0.05, 0) is 26.8 Å². The molecule has 0 aliphatic carbocycles. The number of aliphatic hydroxyl groups is 2. The fraction of sp³-hybridized carbons (Fsp3) is 0.348. The predicted octanol–water partition coefficient (Wildman–Crippen LogP) is 1.43. The molecule has 0 bridgehead atoms. The van der Waals surface area contributed by atoms with Gasteiger partial charge in [0.2, 0.25) is 0 Å². The number of imidazole rings is 1. The van der Waals surface area contributed by atoms with Gasteiger partial charge in [0, 0.05) is 24.9 Å². The highest BCUT2D eigenvalue weighted by Gasteiger charge is 2.32. The van der Waals surface area contributed by atoms with E-state index in [1.807, 2.05) is 0 Å². The van der Waals surface area contributed by atoms with Crippen molar-refractivity contribution in [3.63, 3.8) is 0 Å². The Bertz CT molecular complexity index is 1320. The number of nitrogens with zero attached hydrogens (tertiary/aromatic N) is 4. The van der Waals surface area contributed by atoms with E-state index in [-0.39, 0.29) is 35.9 Å². The lowest BCUT2D eigenvalue weighted by molar-refractivity contribution is 0.0989. The molecule has 1 atom stereocenters. The Morgan fingerprint density at radius 1 is 1.39 bits per heavy atom. The summed E-state index contributed by atoms with van der Waals surface area (Å²) >= 11 is 0. The number of primary amides is 1. The smallest absolute Gasteiger partial charge is 0.269 e. The molecular formula is C23H24FN5O4. The Balaban J connectivity index is 1.93. The summed E-state index contributed by atoms with van der Waals surface area (Å²) in [6.07, 6.45) is 0.435. The van der Waals surface area contributed by atoms with Crippen LogP contribution in [0.5, 0.6) is 5.75 Å². The minimum Gasteiger partial charge on any atom is -0.491 e. The first-order valence-corrected chi connectivity index (χ1v) is 10.3. The van der Waals surface area contributed by atoms with E-state index in [9.17, 15) is 19.4 Å². The highest BCUT2D eigenvalue weighted by Crippen LogP contribution is 2.38. The van der Waals surface area contributed by atoms with Crippen molar-refractivity contribution >= 4 is 5.91 Å². The highest BCUT2D eigenvalue weighted by atomic mass is 19.1. The monoisotopic (exact) mass is 453 g/mol. The molecule has 3 heterocycles. The molecule has 9 nitrogen and oxygen atoms in total. The molecule has 1 aliphatic rings. The van der Waals surface area contributed by atoms with E-state index < -0.39 is 23.4 Å². The van der Waals surface area contributed by atoms with Crippen LogP contribution in [0.15, 0.2) is 18.3 Å². The molecular weight excluding hydrogens is 429 g/mol. The summed E-state index contributed by atoms with van der Waals surface area (Å²) in [5, 5.41) is 25.3. The summed E-state index contributed by atoms with van der Waals surface area (Å²) in [7, 11) is 1.73. The fourth-order valence-corrected chi connectivity index (χ4v) is 3.80. The zero-order valence-electron chi connectivity index (χ0n) is 18.7. The van der Waals surface area contributed by atoms with Gasteiger partial charge in [-0.25, -0.2) is 9.37 Å². The van der Waals surface area contributed by atoms with Crippen molar-refractivity contribution in [2.24, 2.45) is 12.8 Å². The summed E-state index contributed by atoms with van der Waals surface area (Å²) in [6.45, 7) is 5.11. The van der Waals surface area contributed by atoms with Gasteiger partial charge >= 0.3 is 0 Å². The summed E-state index contributed by atoms with van der Waals surface area (Å²) in [4.78, 5) is 16.7. The summed E-state index contributed by atoms with van der Waals surface area (Å²) in [6, 6.07) is 2.64. The number of hydrogen-bond donors (Lipinski definition) is 3. The third-order valence-electron chi connectivity index (χ3n) is 5.23. The van der Waals surface area contributed by atoms with Crippen LogP contribution in [-0.4, -0.2) is 47.7 Å². The molecule has 1 unspecified atom stereocenters.